The Morgan fingerprint density at radius 1 is 0.944 bits per heavy atom. The third-order valence-electron chi connectivity index (χ3n) is 2.41. The lowest BCUT2D eigenvalue weighted by molar-refractivity contribution is -0.123. The Bertz CT molecular complexity index is 136. The van der Waals surface area contributed by atoms with Crippen LogP contribution in [0.5, 0.6) is 0 Å². The maximum atomic E-state index is 9.12. The molecule has 0 bridgehead atoms. The van der Waals surface area contributed by atoms with Gasteiger partial charge >= 0.3 is 0 Å². The molecule has 0 heterocycles. The first-order valence-electron chi connectivity index (χ1n) is 7.14. The van der Waals surface area contributed by atoms with Gasteiger partial charge in [-0.1, -0.05) is 26.2 Å². The molecule has 0 aliphatic heterocycles. The van der Waals surface area contributed by atoms with Gasteiger partial charge in [0.05, 0.1) is 6.10 Å². The normalized spacial score (nSPS) is 12.2. The fraction of sp³-hybridized carbons (Fsp3) is 1.00. The van der Waals surface area contributed by atoms with Crippen molar-refractivity contribution in [2.45, 2.75) is 72.2 Å². The van der Waals surface area contributed by atoms with Crippen molar-refractivity contribution in [3.63, 3.8) is 0 Å². The van der Waals surface area contributed by atoms with E-state index in [1.54, 1.807) is 0 Å². The molecular formula is C14H32O4. The zero-order chi connectivity index (χ0) is 14.2. The third-order valence-corrected chi connectivity index (χ3v) is 2.41. The van der Waals surface area contributed by atoms with Crippen molar-refractivity contribution >= 4 is 0 Å². The number of ether oxygens (including phenoxy) is 2. The molecule has 0 rings (SSSR count). The van der Waals surface area contributed by atoms with Crippen LogP contribution in [0.1, 0.15) is 59.8 Å². The molecule has 0 fully saturated rings. The SMILES string of the molecule is CCCCCC(O)CCO.CCOC(C)OCC. The maximum Gasteiger partial charge on any atom is 0.154 e. The van der Waals surface area contributed by atoms with Gasteiger partial charge in [-0.3, -0.25) is 0 Å². The summed E-state index contributed by atoms with van der Waals surface area (Å²) >= 11 is 0. The Balaban J connectivity index is 0. The Morgan fingerprint density at radius 3 is 1.89 bits per heavy atom. The van der Waals surface area contributed by atoms with Gasteiger partial charge in [-0.25, -0.2) is 0 Å². The van der Waals surface area contributed by atoms with Gasteiger partial charge in [0.1, 0.15) is 0 Å². The fourth-order valence-electron chi connectivity index (χ4n) is 1.44. The summed E-state index contributed by atoms with van der Waals surface area (Å²) in [5.74, 6) is 0. The molecule has 0 aromatic rings. The summed E-state index contributed by atoms with van der Waals surface area (Å²) < 4.78 is 10.1. The summed E-state index contributed by atoms with van der Waals surface area (Å²) in [7, 11) is 0. The van der Waals surface area contributed by atoms with E-state index in [1.807, 2.05) is 20.8 Å². The maximum absolute atomic E-state index is 9.12. The predicted octanol–water partition coefficient (Wildman–Crippen LogP) is 2.72. The highest BCUT2D eigenvalue weighted by molar-refractivity contribution is 4.53. The van der Waals surface area contributed by atoms with Crippen molar-refractivity contribution in [1.29, 1.82) is 0 Å². The molecule has 0 aromatic carbocycles. The second-order valence-electron chi connectivity index (χ2n) is 4.14. The van der Waals surface area contributed by atoms with E-state index in [2.05, 4.69) is 6.92 Å². The summed E-state index contributed by atoms with van der Waals surface area (Å²) in [4.78, 5) is 0. The lowest BCUT2D eigenvalue weighted by atomic mass is 10.1. The van der Waals surface area contributed by atoms with E-state index in [9.17, 15) is 0 Å². The van der Waals surface area contributed by atoms with Gasteiger partial charge in [-0.2, -0.15) is 0 Å². The molecule has 0 saturated heterocycles. The minimum atomic E-state index is -0.281. The van der Waals surface area contributed by atoms with Gasteiger partial charge in [0.2, 0.25) is 0 Å². The molecule has 112 valence electrons. The quantitative estimate of drug-likeness (QED) is 0.470. The first-order valence-corrected chi connectivity index (χ1v) is 7.14. The average Bonchev–Trinajstić information content (AvgIpc) is 2.31. The number of aliphatic hydroxyl groups excluding tert-OH is 2. The molecule has 0 aliphatic carbocycles. The fourth-order valence-corrected chi connectivity index (χ4v) is 1.44. The van der Waals surface area contributed by atoms with Gasteiger partial charge in [0.15, 0.2) is 6.29 Å². The van der Waals surface area contributed by atoms with E-state index in [4.69, 9.17) is 19.7 Å². The predicted molar refractivity (Wildman–Crippen MR) is 74.6 cm³/mol. The summed E-state index contributed by atoms with van der Waals surface area (Å²) in [6, 6.07) is 0. The molecule has 0 aromatic heterocycles. The van der Waals surface area contributed by atoms with E-state index >= 15 is 0 Å². The molecule has 0 amide bonds. The lowest BCUT2D eigenvalue weighted by Gasteiger charge is -2.09. The van der Waals surface area contributed by atoms with Crippen LogP contribution >= 0.6 is 0 Å². The molecule has 0 saturated carbocycles. The first kappa shape index (κ1) is 20.2. The van der Waals surface area contributed by atoms with Crippen LogP contribution in [0, 0.1) is 0 Å². The minimum Gasteiger partial charge on any atom is -0.396 e. The van der Waals surface area contributed by atoms with Gasteiger partial charge < -0.3 is 19.7 Å². The number of aliphatic hydroxyl groups is 2. The highest BCUT2D eigenvalue weighted by Crippen LogP contribution is 2.05. The van der Waals surface area contributed by atoms with Crippen LogP contribution in [0.4, 0.5) is 0 Å². The van der Waals surface area contributed by atoms with Gasteiger partial charge in [0.25, 0.3) is 0 Å². The standard InChI is InChI=1S/C8H18O2.C6H14O2/c1-2-3-4-5-8(10)6-7-9;1-4-7-6(3)8-5-2/h8-10H,2-7H2,1H3;6H,4-5H2,1-3H3. The summed E-state index contributed by atoms with van der Waals surface area (Å²) in [5, 5.41) is 17.5. The Hall–Kier alpha value is -0.160. The molecule has 0 spiro atoms. The highest BCUT2D eigenvalue weighted by Gasteiger charge is 2.00. The Labute approximate surface area is 112 Å². The van der Waals surface area contributed by atoms with Gasteiger partial charge in [-0.05, 0) is 33.6 Å². The molecule has 2 N–H and O–H groups in total. The molecular weight excluding hydrogens is 232 g/mol. The molecule has 0 aliphatic rings. The second-order valence-corrected chi connectivity index (χ2v) is 4.14. The zero-order valence-electron chi connectivity index (χ0n) is 12.5. The minimum absolute atomic E-state index is 0.0370. The van der Waals surface area contributed by atoms with Crippen molar-refractivity contribution in [2.75, 3.05) is 19.8 Å². The summed E-state index contributed by atoms with van der Waals surface area (Å²) in [6.07, 6.45) is 4.51. The zero-order valence-corrected chi connectivity index (χ0v) is 12.5. The van der Waals surface area contributed by atoms with Crippen molar-refractivity contribution in [2.24, 2.45) is 0 Å². The van der Waals surface area contributed by atoms with Crippen molar-refractivity contribution < 1.29 is 19.7 Å². The van der Waals surface area contributed by atoms with Crippen LogP contribution < -0.4 is 0 Å². The van der Waals surface area contributed by atoms with Crippen LogP contribution in [0.3, 0.4) is 0 Å². The number of hydrogen-bond acceptors (Lipinski definition) is 4. The summed E-state index contributed by atoms with van der Waals surface area (Å²) in [6.45, 7) is 9.49. The molecule has 1 atom stereocenters. The largest absolute Gasteiger partial charge is 0.396 e. The van der Waals surface area contributed by atoms with Gasteiger partial charge in [0, 0.05) is 19.8 Å². The van der Waals surface area contributed by atoms with Gasteiger partial charge in [-0.15, -0.1) is 0 Å². The summed E-state index contributed by atoms with van der Waals surface area (Å²) in [5.41, 5.74) is 0. The monoisotopic (exact) mass is 264 g/mol. The molecule has 18 heavy (non-hydrogen) atoms. The van der Waals surface area contributed by atoms with E-state index in [-0.39, 0.29) is 19.0 Å². The van der Waals surface area contributed by atoms with Crippen LogP contribution in [-0.2, 0) is 9.47 Å². The van der Waals surface area contributed by atoms with Crippen LogP contribution in [0.25, 0.3) is 0 Å². The molecule has 4 nitrogen and oxygen atoms in total. The highest BCUT2D eigenvalue weighted by atomic mass is 16.7. The van der Waals surface area contributed by atoms with E-state index in [1.165, 1.54) is 12.8 Å². The number of rotatable bonds is 10. The third kappa shape index (κ3) is 18.2. The first-order chi connectivity index (χ1) is 8.62. The van der Waals surface area contributed by atoms with E-state index < -0.39 is 0 Å². The van der Waals surface area contributed by atoms with Crippen molar-refractivity contribution in [3.05, 3.63) is 0 Å². The average molecular weight is 264 g/mol. The van der Waals surface area contributed by atoms with Crippen LogP contribution in [0.2, 0.25) is 0 Å². The van der Waals surface area contributed by atoms with Crippen molar-refractivity contribution in [1.82, 2.24) is 0 Å². The Morgan fingerprint density at radius 2 is 1.50 bits per heavy atom. The lowest BCUT2D eigenvalue weighted by Crippen LogP contribution is -2.11. The Kier molecular flexibility index (Phi) is 18.9. The molecule has 4 heteroatoms. The molecule has 1 unspecified atom stereocenters. The van der Waals surface area contributed by atoms with E-state index in [0.29, 0.717) is 6.42 Å². The van der Waals surface area contributed by atoms with Crippen molar-refractivity contribution in [3.8, 4) is 0 Å². The van der Waals surface area contributed by atoms with Crippen LogP contribution in [-0.4, -0.2) is 42.4 Å². The number of unbranched alkanes of at least 4 members (excludes halogenated alkanes) is 2. The smallest absolute Gasteiger partial charge is 0.154 e. The number of hydrogen-bond donors (Lipinski definition) is 2. The topological polar surface area (TPSA) is 58.9 Å². The van der Waals surface area contributed by atoms with Crippen LogP contribution in [0.15, 0.2) is 0 Å². The van der Waals surface area contributed by atoms with E-state index in [0.717, 1.165) is 26.1 Å². The second kappa shape index (κ2) is 16.8. The molecule has 0 radical (unpaired) electrons.